The molecule has 1 aliphatic carbocycles. The summed E-state index contributed by atoms with van der Waals surface area (Å²) in [6, 6.07) is 13.6. The van der Waals surface area contributed by atoms with Gasteiger partial charge in [0.05, 0.1) is 0 Å². The Morgan fingerprint density at radius 2 is 1.91 bits per heavy atom. The second kappa shape index (κ2) is 6.09. The van der Waals surface area contributed by atoms with Gasteiger partial charge in [-0.2, -0.15) is 0 Å². The molecule has 0 unspecified atom stereocenters. The van der Waals surface area contributed by atoms with E-state index in [1.54, 1.807) is 12.1 Å². The molecular weight excluding hydrogens is 301 g/mol. The standard InChI is InChI=1S/C18H17ClFNO/c19-15-7-5-14(6-8-15)18(9-2-10-18)12-21-17(22)13-3-1-4-16(20)11-13/h1,3-8,11H,2,9-10,12H2,(H,21,22). The number of amides is 1. The molecule has 2 nitrogen and oxygen atoms in total. The van der Waals surface area contributed by atoms with E-state index in [0.717, 1.165) is 19.3 Å². The molecular formula is C18H17ClFNO. The van der Waals surface area contributed by atoms with Crippen LogP contribution in [-0.2, 0) is 5.41 Å². The lowest BCUT2D eigenvalue weighted by Crippen LogP contribution is -2.45. The van der Waals surface area contributed by atoms with Gasteiger partial charge in [-0.3, -0.25) is 4.79 Å². The SMILES string of the molecule is O=C(NCC1(c2ccc(Cl)cc2)CCC1)c1cccc(F)c1. The highest BCUT2D eigenvalue weighted by atomic mass is 35.5. The van der Waals surface area contributed by atoms with Crippen molar-refractivity contribution in [2.75, 3.05) is 6.54 Å². The fourth-order valence-corrected chi connectivity index (χ4v) is 3.08. The first kappa shape index (κ1) is 15.0. The molecule has 0 spiro atoms. The maximum absolute atomic E-state index is 13.2. The van der Waals surface area contributed by atoms with Gasteiger partial charge in [0.1, 0.15) is 5.82 Å². The van der Waals surface area contributed by atoms with Crippen LogP contribution in [-0.4, -0.2) is 12.5 Å². The third kappa shape index (κ3) is 3.00. The number of rotatable bonds is 4. The van der Waals surface area contributed by atoms with Crippen molar-refractivity contribution < 1.29 is 9.18 Å². The lowest BCUT2D eigenvalue weighted by molar-refractivity contribution is 0.0927. The van der Waals surface area contributed by atoms with Crippen LogP contribution in [0, 0.1) is 5.82 Å². The van der Waals surface area contributed by atoms with Gasteiger partial charge in [0, 0.05) is 22.5 Å². The molecule has 1 aliphatic rings. The summed E-state index contributed by atoms with van der Waals surface area (Å²) in [5.74, 6) is -0.636. The molecule has 0 bridgehead atoms. The lowest BCUT2D eigenvalue weighted by atomic mass is 9.64. The predicted octanol–water partition coefficient (Wildman–Crippen LogP) is 4.33. The summed E-state index contributed by atoms with van der Waals surface area (Å²) in [4.78, 5) is 12.2. The number of benzene rings is 2. The Labute approximate surface area is 134 Å². The Morgan fingerprint density at radius 1 is 1.18 bits per heavy atom. The number of halogens is 2. The van der Waals surface area contributed by atoms with Crippen molar-refractivity contribution in [3.8, 4) is 0 Å². The van der Waals surface area contributed by atoms with Crippen molar-refractivity contribution in [2.24, 2.45) is 0 Å². The molecule has 1 amide bonds. The molecule has 114 valence electrons. The second-order valence-electron chi connectivity index (χ2n) is 5.83. The Morgan fingerprint density at radius 3 is 2.50 bits per heavy atom. The highest BCUT2D eigenvalue weighted by molar-refractivity contribution is 6.30. The van der Waals surface area contributed by atoms with Crippen LogP contribution >= 0.6 is 11.6 Å². The first-order valence-electron chi connectivity index (χ1n) is 7.39. The van der Waals surface area contributed by atoms with E-state index in [-0.39, 0.29) is 11.3 Å². The van der Waals surface area contributed by atoms with E-state index in [2.05, 4.69) is 5.32 Å². The zero-order chi connectivity index (χ0) is 15.6. The zero-order valence-corrected chi connectivity index (χ0v) is 12.9. The number of nitrogens with one attached hydrogen (secondary N) is 1. The van der Waals surface area contributed by atoms with E-state index in [1.165, 1.54) is 17.7 Å². The number of hydrogen-bond acceptors (Lipinski definition) is 1. The van der Waals surface area contributed by atoms with Gasteiger partial charge < -0.3 is 5.32 Å². The molecule has 1 N–H and O–H groups in total. The summed E-state index contributed by atoms with van der Waals surface area (Å²) in [6.07, 6.45) is 3.23. The van der Waals surface area contributed by atoms with Crippen LogP contribution < -0.4 is 5.32 Å². The first-order valence-corrected chi connectivity index (χ1v) is 7.77. The van der Waals surface area contributed by atoms with Crippen LogP contribution in [0.2, 0.25) is 5.02 Å². The summed E-state index contributed by atoms with van der Waals surface area (Å²) in [6.45, 7) is 0.560. The monoisotopic (exact) mass is 317 g/mol. The molecule has 0 aromatic heterocycles. The van der Waals surface area contributed by atoms with Crippen LogP contribution in [0.4, 0.5) is 4.39 Å². The van der Waals surface area contributed by atoms with Crippen molar-refractivity contribution in [1.29, 1.82) is 0 Å². The Kier molecular flexibility index (Phi) is 4.16. The van der Waals surface area contributed by atoms with Gasteiger partial charge in [-0.25, -0.2) is 4.39 Å². The average molecular weight is 318 g/mol. The normalized spacial score (nSPS) is 15.9. The minimum atomic E-state index is -0.399. The molecule has 4 heteroatoms. The van der Waals surface area contributed by atoms with Crippen LogP contribution in [0.1, 0.15) is 35.2 Å². The summed E-state index contributed by atoms with van der Waals surface area (Å²) in [7, 11) is 0. The molecule has 0 heterocycles. The van der Waals surface area contributed by atoms with Crippen LogP contribution in [0.25, 0.3) is 0 Å². The summed E-state index contributed by atoms with van der Waals surface area (Å²) < 4.78 is 13.2. The zero-order valence-electron chi connectivity index (χ0n) is 12.1. The molecule has 2 aromatic rings. The fourth-order valence-electron chi connectivity index (χ4n) is 2.96. The third-order valence-electron chi connectivity index (χ3n) is 4.44. The van der Waals surface area contributed by atoms with E-state index in [4.69, 9.17) is 11.6 Å². The van der Waals surface area contributed by atoms with Gasteiger partial charge in [-0.05, 0) is 48.7 Å². The van der Waals surface area contributed by atoms with Crippen LogP contribution in [0.15, 0.2) is 48.5 Å². The highest BCUT2D eigenvalue weighted by Gasteiger charge is 2.38. The summed E-state index contributed by atoms with van der Waals surface area (Å²) in [5.41, 5.74) is 1.53. The van der Waals surface area contributed by atoms with E-state index in [0.29, 0.717) is 17.1 Å². The molecule has 0 atom stereocenters. The molecule has 3 rings (SSSR count). The maximum Gasteiger partial charge on any atom is 0.251 e. The van der Waals surface area contributed by atoms with Crippen molar-refractivity contribution in [2.45, 2.75) is 24.7 Å². The molecule has 2 aromatic carbocycles. The van der Waals surface area contributed by atoms with Gasteiger partial charge in [0.25, 0.3) is 5.91 Å². The smallest absolute Gasteiger partial charge is 0.251 e. The van der Waals surface area contributed by atoms with Gasteiger partial charge in [-0.1, -0.05) is 36.2 Å². The van der Waals surface area contributed by atoms with Gasteiger partial charge >= 0.3 is 0 Å². The Balaban J connectivity index is 1.71. The van der Waals surface area contributed by atoms with Crippen molar-refractivity contribution in [1.82, 2.24) is 5.32 Å². The average Bonchev–Trinajstić information content (AvgIpc) is 2.47. The van der Waals surface area contributed by atoms with E-state index >= 15 is 0 Å². The topological polar surface area (TPSA) is 29.1 Å². The van der Waals surface area contributed by atoms with Crippen molar-refractivity contribution in [3.63, 3.8) is 0 Å². The lowest BCUT2D eigenvalue weighted by Gasteiger charge is -2.42. The first-order chi connectivity index (χ1) is 10.6. The number of hydrogen-bond donors (Lipinski definition) is 1. The molecule has 22 heavy (non-hydrogen) atoms. The number of carbonyl (C=O) groups is 1. The second-order valence-corrected chi connectivity index (χ2v) is 6.27. The Bertz CT molecular complexity index is 680. The Hall–Kier alpha value is -1.87. The fraction of sp³-hybridized carbons (Fsp3) is 0.278. The third-order valence-corrected chi connectivity index (χ3v) is 4.69. The predicted molar refractivity (Wildman–Crippen MR) is 85.7 cm³/mol. The van der Waals surface area contributed by atoms with Crippen molar-refractivity contribution in [3.05, 3.63) is 70.5 Å². The number of carbonyl (C=O) groups excluding carboxylic acids is 1. The quantitative estimate of drug-likeness (QED) is 0.893. The van der Waals surface area contributed by atoms with Gasteiger partial charge in [0.2, 0.25) is 0 Å². The minimum Gasteiger partial charge on any atom is -0.351 e. The van der Waals surface area contributed by atoms with E-state index < -0.39 is 5.82 Å². The summed E-state index contributed by atoms with van der Waals surface area (Å²) in [5, 5.41) is 3.65. The molecule has 0 aliphatic heterocycles. The largest absolute Gasteiger partial charge is 0.351 e. The molecule has 0 radical (unpaired) electrons. The summed E-state index contributed by atoms with van der Waals surface area (Å²) >= 11 is 5.94. The van der Waals surface area contributed by atoms with Crippen LogP contribution in [0.5, 0.6) is 0 Å². The molecule has 1 saturated carbocycles. The van der Waals surface area contributed by atoms with E-state index in [9.17, 15) is 9.18 Å². The van der Waals surface area contributed by atoms with Crippen LogP contribution in [0.3, 0.4) is 0 Å². The molecule has 0 saturated heterocycles. The minimum absolute atomic E-state index is 0.0203. The highest BCUT2D eigenvalue weighted by Crippen LogP contribution is 2.43. The van der Waals surface area contributed by atoms with Gasteiger partial charge in [0.15, 0.2) is 0 Å². The van der Waals surface area contributed by atoms with Gasteiger partial charge in [-0.15, -0.1) is 0 Å². The molecule has 1 fully saturated rings. The maximum atomic E-state index is 13.2. The van der Waals surface area contributed by atoms with Crippen molar-refractivity contribution >= 4 is 17.5 Å². The van der Waals surface area contributed by atoms with E-state index in [1.807, 2.05) is 24.3 Å².